The van der Waals surface area contributed by atoms with E-state index in [1.165, 1.54) is 10.9 Å². The maximum absolute atomic E-state index is 11.3. The number of carbonyl (C=O) groups excluding carboxylic acids is 1. The molecule has 0 heterocycles. The second-order valence-electron chi connectivity index (χ2n) is 5.15. The van der Waals surface area contributed by atoms with Crippen molar-refractivity contribution >= 4 is 22.7 Å². The molecule has 0 atom stereocenters. The molecule has 0 saturated carbocycles. The molecule has 3 aromatic rings. The summed E-state index contributed by atoms with van der Waals surface area (Å²) in [6.07, 6.45) is 3.51. The van der Waals surface area contributed by atoms with E-state index in [4.69, 9.17) is 0 Å². The molecule has 0 amide bonds. The van der Waals surface area contributed by atoms with Crippen LogP contribution in [0.1, 0.15) is 5.56 Å². The van der Waals surface area contributed by atoms with Gasteiger partial charge in [-0.3, -0.25) is 4.79 Å². The van der Waals surface area contributed by atoms with Gasteiger partial charge in [-0.05, 0) is 34.9 Å². The van der Waals surface area contributed by atoms with Crippen molar-refractivity contribution in [2.45, 2.75) is 6.42 Å². The summed E-state index contributed by atoms with van der Waals surface area (Å²) < 4.78 is 0. The van der Waals surface area contributed by atoms with Crippen molar-refractivity contribution in [1.29, 1.82) is 0 Å². The molecule has 1 N–H and O–H groups in total. The topological polar surface area (TPSA) is 29.1 Å². The van der Waals surface area contributed by atoms with Crippen molar-refractivity contribution in [3.63, 3.8) is 0 Å². The number of fused-ring (bicyclic) bond motifs is 1. The summed E-state index contributed by atoms with van der Waals surface area (Å²) >= 11 is 0. The summed E-state index contributed by atoms with van der Waals surface area (Å²) in [5, 5.41) is 5.53. The number of carbonyl (C=O) groups is 1. The lowest BCUT2D eigenvalue weighted by Gasteiger charge is -2.07. The molecule has 3 rings (SSSR count). The fourth-order valence-corrected chi connectivity index (χ4v) is 2.40. The van der Waals surface area contributed by atoms with Gasteiger partial charge in [0, 0.05) is 5.69 Å². The van der Waals surface area contributed by atoms with E-state index in [0.717, 1.165) is 23.8 Å². The van der Waals surface area contributed by atoms with Gasteiger partial charge in [-0.25, -0.2) is 0 Å². The minimum absolute atomic E-state index is 0.583. The summed E-state index contributed by atoms with van der Waals surface area (Å²) in [4.78, 5) is 11.3. The molecule has 0 aliphatic heterocycles. The van der Waals surface area contributed by atoms with E-state index in [-0.39, 0.29) is 0 Å². The number of nitrogens with one attached hydrogen (secondary N) is 1. The average Bonchev–Trinajstić information content (AvgIpc) is 2.59. The van der Waals surface area contributed by atoms with Gasteiger partial charge in [0.1, 0.15) is 0 Å². The molecule has 0 aliphatic carbocycles. The summed E-state index contributed by atoms with van der Waals surface area (Å²) in [5.41, 5.74) is 2.69. The quantitative estimate of drug-likeness (QED) is 0.550. The minimum Gasteiger partial charge on any atom is -0.353 e. The molecule has 0 spiro atoms. The molecule has 3 aromatic carbocycles. The van der Waals surface area contributed by atoms with E-state index in [1.54, 1.807) is 0 Å². The van der Waals surface area contributed by atoms with Crippen LogP contribution in [0, 0.1) is 0 Å². The van der Waals surface area contributed by atoms with Crippen molar-refractivity contribution in [1.82, 2.24) is 0 Å². The van der Waals surface area contributed by atoms with Crippen LogP contribution in [0.3, 0.4) is 0 Å². The smallest absolute Gasteiger partial charge is 0.165 e. The molecule has 0 aromatic heterocycles. The second kappa shape index (κ2) is 6.72. The number of allylic oxidation sites excluding steroid dienone is 2. The van der Waals surface area contributed by atoms with Gasteiger partial charge in [-0.1, -0.05) is 66.7 Å². The number of anilines is 1. The zero-order valence-corrected chi connectivity index (χ0v) is 12.2. The highest BCUT2D eigenvalue weighted by Gasteiger charge is 1.99. The van der Waals surface area contributed by atoms with E-state index in [1.807, 2.05) is 42.5 Å². The van der Waals surface area contributed by atoms with Crippen LogP contribution in [0.5, 0.6) is 0 Å². The van der Waals surface area contributed by atoms with E-state index in [2.05, 4.69) is 41.7 Å². The first kappa shape index (κ1) is 14.1. The third-order valence-electron chi connectivity index (χ3n) is 3.57. The predicted octanol–water partition coefficient (Wildman–Crippen LogP) is 4.58. The van der Waals surface area contributed by atoms with Crippen LogP contribution < -0.4 is 5.32 Å². The molecule has 0 radical (unpaired) electrons. The highest BCUT2D eigenvalue weighted by molar-refractivity contribution is 5.87. The average molecular weight is 287 g/mol. The van der Waals surface area contributed by atoms with E-state index >= 15 is 0 Å². The van der Waals surface area contributed by atoms with Crippen LogP contribution in [0.4, 0.5) is 5.69 Å². The normalized spacial score (nSPS) is 11.4. The minimum atomic E-state index is 0.583. The Hall–Kier alpha value is -2.87. The Morgan fingerprint density at radius 2 is 1.59 bits per heavy atom. The summed E-state index contributed by atoms with van der Waals surface area (Å²) in [7, 11) is 0. The lowest BCUT2D eigenvalue weighted by atomic mass is 10.1. The maximum atomic E-state index is 11.3. The number of aldehydes is 1. The molecule has 2 nitrogen and oxygen atoms in total. The van der Waals surface area contributed by atoms with Gasteiger partial charge in [-0.15, -0.1) is 0 Å². The first-order valence-corrected chi connectivity index (χ1v) is 7.30. The number of rotatable bonds is 5. The van der Waals surface area contributed by atoms with Gasteiger partial charge < -0.3 is 5.32 Å². The lowest BCUT2D eigenvalue weighted by molar-refractivity contribution is -0.104. The van der Waals surface area contributed by atoms with Crippen LogP contribution in [-0.4, -0.2) is 6.29 Å². The molecular formula is C20H17NO. The third-order valence-corrected chi connectivity index (χ3v) is 3.57. The van der Waals surface area contributed by atoms with Crippen molar-refractivity contribution in [2.75, 3.05) is 5.32 Å². The van der Waals surface area contributed by atoms with Gasteiger partial charge >= 0.3 is 0 Å². The first-order valence-electron chi connectivity index (χ1n) is 7.30. The number of hydrogen-bond donors (Lipinski definition) is 1. The summed E-state index contributed by atoms with van der Waals surface area (Å²) in [6.45, 7) is 0. The fourth-order valence-electron chi connectivity index (χ4n) is 2.40. The molecular weight excluding hydrogens is 270 g/mol. The Labute approximate surface area is 130 Å². The SMILES string of the molecule is O=CC(=CCc1ccccc1)Nc1ccc2ccccc2c1. The van der Waals surface area contributed by atoms with Gasteiger partial charge in [0.2, 0.25) is 0 Å². The summed E-state index contributed by atoms with van der Waals surface area (Å²) in [6, 6.07) is 24.4. The predicted molar refractivity (Wildman–Crippen MR) is 91.9 cm³/mol. The number of benzene rings is 3. The molecule has 0 saturated heterocycles. The van der Waals surface area contributed by atoms with Crippen LogP contribution in [0.15, 0.2) is 84.6 Å². The van der Waals surface area contributed by atoms with Crippen molar-refractivity contribution < 1.29 is 4.79 Å². The zero-order chi connectivity index (χ0) is 15.2. The maximum Gasteiger partial charge on any atom is 0.165 e. The Bertz CT molecular complexity index is 806. The van der Waals surface area contributed by atoms with Gasteiger partial charge in [0.15, 0.2) is 6.29 Å². The largest absolute Gasteiger partial charge is 0.353 e. The number of hydrogen-bond acceptors (Lipinski definition) is 2. The van der Waals surface area contributed by atoms with Gasteiger partial charge in [-0.2, -0.15) is 0 Å². The van der Waals surface area contributed by atoms with Gasteiger partial charge in [0.25, 0.3) is 0 Å². The molecule has 22 heavy (non-hydrogen) atoms. The molecule has 0 bridgehead atoms. The molecule has 2 heteroatoms. The van der Waals surface area contributed by atoms with Crippen LogP contribution in [0.2, 0.25) is 0 Å². The third kappa shape index (κ3) is 3.41. The second-order valence-corrected chi connectivity index (χ2v) is 5.15. The van der Waals surface area contributed by atoms with Crippen LogP contribution >= 0.6 is 0 Å². The van der Waals surface area contributed by atoms with Crippen molar-refractivity contribution in [3.05, 3.63) is 90.1 Å². The molecule has 0 unspecified atom stereocenters. The highest BCUT2D eigenvalue weighted by atomic mass is 16.1. The molecule has 0 fully saturated rings. The Balaban J connectivity index is 1.77. The zero-order valence-electron chi connectivity index (χ0n) is 12.2. The molecule has 108 valence electrons. The van der Waals surface area contributed by atoms with Crippen LogP contribution in [0.25, 0.3) is 10.8 Å². The van der Waals surface area contributed by atoms with Crippen molar-refractivity contribution in [3.8, 4) is 0 Å². The lowest BCUT2D eigenvalue weighted by Crippen LogP contribution is -2.01. The molecule has 0 aliphatic rings. The Kier molecular flexibility index (Phi) is 4.30. The highest BCUT2D eigenvalue weighted by Crippen LogP contribution is 2.19. The Morgan fingerprint density at radius 3 is 2.36 bits per heavy atom. The summed E-state index contributed by atoms with van der Waals surface area (Å²) in [5.74, 6) is 0. The first-order chi connectivity index (χ1) is 10.8. The standard InChI is InChI=1S/C20H17NO/c22-15-20(12-10-16-6-2-1-3-7-16)21-19-13-11-17-8-4-5-9-18(17)14-19/h1-9,11-15,21H,10H2. The van der Waals surface area contributed by atoms with Gasteiger partial charge in [0.05, 0.1) is 5.70 Å². The van der Waals surface area contributed by atoms with E-state index < -0.39 is 0 Å². The van der Waals surface area contributed by atoms with E-state index in [0.29, 0.717) is 5.70 Å². The Morgan fingerprint density at radius 1 is 0.864 bits per heavy atom. The fraction of sp³-hybridized carbons (Fsp3) is 0.0500. The van der Waals surface area contributed by atoms with E-state index in [9.17, 15) is 4.79 Å². The van der Waals surface area contributed by atoms with Crippen LogP contribution in [-0.2, 0) is 11.2 Å². The monoisotopic (exact) mass is 287 g/mol. The van der Waals surface area contributed by atoms with Crippen molar-refractivity contribution in [2.24, 2.45) is 0 Å².